The molecule has 0 saturated carbocycles. The van der Waals surface area contributed by atoms with E-state index < -0.39 is 235 Å². The molecule has 7 heterocycles. The second-order valence-electron chi connectivity index (χ2n) is 36.6. The molecular weight excluding hydrogens is 1800 g/mol. The molecule has 0 aromatic carbocycles. The highest BCUT2D eigenvalue weighted by molar-refractivity contribution is 7.80. The van der Waals surface area contributed by atoms with Gasteiger partial charge in [-0.25, -0.2) is 0 Å². The second kappa shape index (κ2) is 62.4. The highest BCUT2D eigenvalue weighted by Crippen LogP contribution is 2.25. The van der Waals surface area contributed by atoms with Crippen LogP contribution in [0.2, 0.25) is 0 Å². The van der Waals surface area contributed by atoms with Crippen LogP contribution in [0.3, 0.4) is 0 Å². The summed E-state index contributed by atoms with van der Waals surface area (Å²) >= 11 is 4.17. The van der Waals surface area contributed by atoms with Crippen LogP contribution in [-0.4, -0.2) is 347 Å². The fraction of sp³-hybridized carbons (Fsp3) is 0.798. The van der Waals surface area contributed by atoms with Gasteiger partial charge in [-0.1, -0.05) is 0 Å². The standard InChI is InChI=1S/C89H159N29O18S/c90-36-8-1-22-58(105-76(123)54-29-15-43-98-54)73(120)102-50-65(112-80(127)61(25-4-11-39-93)107-78(125)56-31-17-45-100-56)87(134)116-47-19-33-69(116)84(131)109-60(24-3-10-38-92)75(122)104-52-67(89(136)118-49-21-35-71(118)86(133)111-64(28-7-14-42-96)83(130)115-68(53-137)72(97)119)114-82(129)63(27-6-13-41-95)110-85(132)70-34-20-48-117(70)88(135)66(113-81(128)62(26-5-12-40-94)108-79(126)57-32-18-46-101-57)51-103-74(121)59(23-2-9-37-91)106-77(124)55-30-16-44-99-55/h54-71,98-101,137H,1-53,90-96H2,(H2,97,119)(H,102,120)(H,103,121)(H,104,122)(H,105,123)(H,106,124)(H,107,125)(H,108,126)(H,109,131)(H,110,132)(H,111,133)(H,112,127)(H,113,128)(H,114,129)(H,115,130)/t54-,55-,56-,57-,58-,59-,60-,61-,62-,63-,64-,65-,66-,67-,68-,69-,70-,71-/m0/s1. The molecule has 0 unspecified atom stereocenters. The first-order chi connectivity index (χ1) is 66.0. The first-order valence-electron chi connectivity index (χ1n) is 49.9. The number of thiol groups is 1. The van der Waals surface area contributed by atoms with Crippen molar-refractivity contribution in [3.05, 3.63) is 0 Å². The summed E-state index contributed by atoms with van der Waals surface area (Å²) < 4.78 is 0. The minimum absolute atomic E-state index is 0.00666. The molecule has 7 aliphatic heterocycles. The van der Waals surface area contributed by atoms with Crippen molar-refractivity contribution in [1.82, 2.24) is 110 Å². The molecule has 0 radical (unpaired) electrons. The lowest BCUT2D eigenvalue weighted by molar-refractivity contribution is -0.144. The summed E-state index contributed by atoms with van der Waals surface area (Å²) in [5.74, 6) is -13.6. The maximum atomic E-state index is 15.7. The van der Waals surface area contributed by atoms with Crippen LogP contribution in [0.4, 0.5) is 0 Å². The number of carbonyl (C=O) groups excluding carboxylic acids is 18. The number of primary amides is 1. The number of rotatable bonds is 64. The van der Waals surface area contributed by atoms with Gasteiger partial charge in [0.05, 0.1) is 24.2 Å². The number of hydrogen-bond donors (Lipinski definition) is 27. The first-order valence-corrected chi connectivity index (χ1v) is 50.5. The number of nitrogens with zero attached hydrogens (tertiary/aromatic N) is 3. The Morgan fingerprint density at radius 2 is 0.460 bits per heavy atom. The van der Waals surface area contributed by atoms with Gasteiger partial charge in [-0.3, -0.25) is 86.3 Å². The van der Waals surface area contributed by atoms with Crippen LogP contribution in [0.15, 0.2) is 0 Å². The topological polar surface area (TPSA) is 742 Å². The molecule has 0 spiro atoms. The van der Waals surface area contributed by atoms with E-state index in [1.807, 2.05) is 0 Å². The molecular formula is C89H159N29O18S. The van der Waals surface area contributed by atoms with Gasteiger partial charge in [0.15, 0.2) is 0 Å². The van der Waals surface area contributed by atoms with Crippen LogP contribution in [0.1, 0.15) is 225 Å². The lowest BCUT2D eigenvalue weighted by Crippen LogP contribution is -2.63. The Morgan fingerprint density at radius 3 is 0.650 bits per heavy atom. The first kappa shape index (κ1) is 114. The predicted octanol–water partition coefficient (Wildman–Crippen LogP) is -9.03. The summed E-state index contributed by atoms with van der Waals surface area (Å²) in [6.07, 6.45) is 11.4. The van der Waals surface area contributed by atoms with Crippen LogP contribution in [0, 0.1) is 0 Å². The highest BCUT2D eigenvalue weighted by Gasteiger charge is 2.46. The molecule has 137 heavy (non-hydrogen) atoms. The van der Waals surface area contributed by atoms with E-state index in [2.05, 4.69) is 108 Å². The number of unbranched alkanes of at least 4 members (excludes halogenated alkanes) is 7. The summed E-state index contributed by atoms with van der Waals surface area (Å²) in [7, 11) is 0. The molecule has 34 N–H and O–H groups in total. The molecule has 47 nitrogen and oxygen atoms in total. The number of carbonyl (C=O) groups is 18. The fourth-order valence-electron chi connectivity index (χ4n) is 18.2. The lowest BCUT2D eigenvalue weighted by Gasteiger charge is -2.32. The number of nitrogens with one attached hydrogen (secondary N) is 18. The van der Waals surface area contributed by atoms with Gasteiger partial charge in [0.1, 0.15) is 84.6 Å². The fourth-order valence-corrected chi connectivity index (χ4v) is 18.5. The SMILES string of the molecule is NCCCC[C@H](NC(=O)[C@@H]1CCCN1)C(=O)NC[C@H](NC(=O)[C@H](CCCCN)NC(=O)[C@@H]1CCCN1)C(=O)N1CCC[C@H]1C(=O)N[C@@H](CCCCN)C(=O)NC[C@H](NC(=O)[C@H](CCCCN)NC(=O)[C@@H]1CCCN1C(=O)[C@H](CNC(=O)[C@H](CCCCN)NC(=O)[C@@H]1CCCN1)NC(=O)[C@H](CCCCN)NC(=O)[C@@H]1CCCN1)C(=O)N1CCC[C@H]1C(=O)N[C@@H](CCCCN)C(=O)N[C@@H](CS)C(N)=O. The van der Waals surface area contributed by atoms with Crippen molar-refractivity contribution in [3.8, 4) is 0 Å². The largest absolute Gasteiger partial charge is 0.368 e. The molecule has 18 atom stereocenters. The summed E-state index contributed by atoms with van der Waals surface area (Å²) in [4.78, 5) is 265. The normalized spacial score (nSPS) is 21.5. The average Bonchev–Trinajstić information content (AvgIpc) is 1.71. The van der Waals surface area contributed by atoms with Crippen LogP contribution in [-0.2, 0) is 86.3 Å². The molecule has 0 aliphatic carbocycles. The Bertz CT molecular complexity index is 3920. The third-order valence-electron chi connectivity index (χ3n) is 26.2. The van der Waals surface area contributed by atoms with Gasteiger partial charge in [-0.05, 0) is 297 Å². The van der Waals surface area contributed by atoms with Gasteiger partial charge >= 0.3 is 0 Å². The Kier molecular flexibility index (Phi) is 52.1. The molecule has 774 valence electrons. The van der Waals surface area contributed by atoms with Gasteiger partial charge < -0.3 is 156 Å². The molecule has 7 rings (SSSR count). The molecule has 0 bridgehead atoms. The number of hydrogen-bond acceptors (Lipinski definition) is 30. The van der Waals surface area contributed by atoms with Crippen molar-refractivity contribution in [2.24, 2.45) is 45.9 Å². The van der Waals surface area contributed by atoms with Gasteiger partial charge in [0.2, 0.25) is 106 Å². The quantitative estimate of drug-likeness (QED) is 0.0199. The van der Waals surface area contributed by atoms with E-state index in [-0.39, 0.29) is 154 Å². The Morgan fingerprint density at radius 1 is 0.255 bits per heavy atom. The minimum atomic E-state index is -1.83. The summed E-state index contributed by atoms with van der Waals surface area (Å²) in [5.41, 5.74) is 46.9. The second-order valence-corrected chi connectivity index (χ2v) is 37.0. The summed E-state index contributed by atoms with van der Waals surface area (Å²) in [5, 5.41) is 51.2. The van der Waals surface area contributed by atoms with Crippen molar-refractivity contribution in [2.75, 3.05) is 117 Å². The lowest BCUT2D eigenvalue weighted by atomic mass is 10.0. The van der Waals surface area contributed by atoms with Gasteiger partial charge in [0, 0.05) is 45.0 Å². The predicted molar refractivity (Wildman–Crippen MR) is 512 cm³/mol. The number of likely N-dealkylation sites (tertiary alicyclic amines) is 3. The molecule has 0 aromatic rings. The molecule has 18 amide bonds. The molecule has 7 fully saturated rings. The molecule has 48 heteroatoms. The van der Waals surface area contributed by atoms with Crippen LogP contribution in [0.5, 0.6) is 0 Å². The van der Waals surface area contributed by atoms with E-state index in [1.54, 1.807) is 0 Å². The number of amides is 18. The zero-order valence-corrected chi connectivity index (χ0v) is 80.5. The van der Waals surface area contributed by atoms with E-state index in [0.717, 1.165) is 17.7 Å². The van der Waals surface area contributed by atoms with Gasteiger partial charge in [-0.2, -0.15) is 12.6 Å². The van der Waals surface area contributed by atoms with Crippen molar-refractivity contribution < 1.29 is 86.3 Å². The highest BCUT2D eigenvalue weighted by atomic mass is 32.1. The van der Waals surface area contributed by atoms with E-state index in [0.29, 0.717) is 155 Å². The summed E-state index contributed by atoms with van der Waals surface area (Å²) in [6.45, 7) is 1.81. The monoisotopic (exact) mass is 1950 g/mol. The Balaban J connectivity index is 1.20. The molecule has 7 aliphatic rings. The van der Waals surface area contributed by atoms with Crippen molar-refractivity contribution in [2.45, 2.75) is 333 Å². The zero-order valence-electron chi connectivity index (χ0n) is 79.6. The zero-order chi connectivity index (χ0) is 99.7. The third-order valence-corrected chi connectivity index (χ3v) is 26.6. The van der Waals surface area contributed by atoms with E-state index in [9.17, 15) is 52.7 Å². The summed E-state index contributed by atoms with van der Waals surface area (Å²) in [6, 6.07) is -21.6. The van der Waals surface area contributed by atoms with Crippen LogP contribution >= 0.6 is 12.6 Å². The maximum absolute atomic E-state index is 15.7. The smallest absolute Gasteiger partial charge is 0.247 e. The van der Waals surface area contributed by atoms with Crippen LogP contribution in [0.25, 0.3) is 0 Å². The molecule has 0 aromatic heterocycles. The van der Waals surface area contributed by atoms with Crippen molar-refractivity contribution in [3.63, 3.8) is 0 Å². The van der Waals surface area contributed by atoms with E-state index in [1.165, 1.54) is 9.80 Å². The average molecular weight is 1960 g/mol. The van der Waals surface area contributed by atoms with Gasteiger partial charge in [0.25, 0.3) is 0 Å². The molecule has 7 saturated heterocycles. The van der Waals surface area contributed by atoms with Crippen molar-refractivity contribution >= 4 is 119 Å². The minimum Gasteiger partial charge on any atom is -0.368 e. The Labute approximate surface area is 808 Å². The number of nitrogens with two attached hydrogens (primary N) is 8. The van der Waals surface area contributed by atoms with E-state index in [4.69, 9.17) is 45.9 Å². The van der Waals surface area contributed by atoms with Crippen LogP contribution < -0.4 is 142 Å². The third kappa shape index (κ3) is 37.5. The Hall–Kier alpha value is -9.63. The van der Waals surface area contributed by atoms with E-state index >= 15 is 33.6 Å². The van der Waals surface area contributed by atoms with Gasteiger partial charge in [-0.15, -0.1) is 0 Å². The maximum Gasteiger partial charge on any atom is 0.247 e. The van der Waals surface area contributed by atoms with Crippen molar-refractivity contribution in [1.29, 1.82) is 0 Å².